The summed E-state index contributed by atoms with van der Waals surface area (Å²) >= 11 is 0. The normalized spacial score (nSPS) is 15.6. The van der Waals surface area contributed by atoms with Crippen LogP contribution in [0.25, 0.3) is 22.4 Å². The lowest BCUT2D eigenvalue weighted by atomic mass is 9.98. The first-order valence-corrected chi connectivity index (χ1v) is 9.14. The van der Waals surface area contributed by atoms with Gasteiger partial charge >= 0.3 is 6.18 Å². The van der Waals surface area contributed by atoms with Crippen LogP contribution in [0.3, 0.4) is 0 Å². The van der Waals surface area contributed by atoms with Gasteiger partial charge in [-0.05, 0) is 31.0 Å². The minimum absolute atomic E-state index is 0.0344. The van der Waals surface area contributed by atoms with Crippen molar-refractivity contribution in [2.24, 2.45) is 0 Å². The van der Waals surface area contributed by atoms with Gasteiger partial charge in [-0.2, -0.15) is 13.2 Å². The Labute approximate surface area is 164 Å². The molecule has 6 nitrogen and oxygen atoms in total. The molecule has 1 atom stereocenters. The summed E-state index contributed by atoms with van der Waals surface area (Å²) in [6.07, 6.45) is -4.01. The molecular formula is C20H19F3N6. The fourth-order valence-corrected chi connectivity index (χ4v) is 3.39. The summed E-state index contributed by atoms with van der Waals surface area (Å²) in [5, 5.41) is 11.6. The summed E-state index contributed by atoms with van der Waals surface area (Å²) < 4.78 is 41.7. The Morgan fingerprint density at radius 3 is 2.48 bits per heavy atom. The van der Waals surface area contributed by atoms with Crippen molar-refractivity contribution < 1.29 is 13.2 Å². The van der Waals surface area contributed by atoms with Gasteiger partial charge in [0.25, 0.3) is 0 Å². The maximum Gasteiger partial charge on any atom is 0.433 e. The molecule has 1 aliphatic heterocycles. The van der Waals surface area contributed by atoms with Crippen LogP contribution in [0.1, 0.15) is 24.7 Å². The topological polar surface area (TPSA) is 78.6 Å². The maximum absolute atomic E-state index is 13.4. The number of halogens is 3. The monoisotopic (exact) mass is 400 g/mol. The number of alkyl halides is 3. The smallest absolute Gasteiger partial charge is 0.348 e. The summed E-state index contributed by atoms with van der Waals surface area (Å²) in [7, 11) is 0. The van der Waals surface area contributed by atoms with Crippen LogP contribution >= 0.6 is 0 Å². The Morgan fingerprint density at radius 2 is 1.83 bits per heavy atom. The molecule has 4 rings (SSSR count). The molecule has 0 amide bonds. The van der Waals surface area contributed by atoms with Crippen LogP contribution < -0.4 is 16.4 Å². The molecule has 0 fully saturated rings. The number of rotatable bonds is 3. The molecule has 0 saturated carbocycles. The van der Waals surface area contributed by atoms with Crippen molar-refractivity contribution in [3.63, 3.8) is 0 Å². The highest BCUT2D eigenvalue weighted by atomic mass is 19.4. The van der Waals surface area contributed by atoms with Crippen molar-refractivity contribution in [1.29, 1.82) is 5.41 Å². The summed E-state index contributed by atoms with van der Waals surface area (Å²) in [6, 6.07) is 11.8. The third-order valence-corrected chi connectivity index (χ3v) is 4.71. The third-order valence-electron chi connectivity index (χ3n) is 4.71. The predicted molar refractivity (Wildman–Crippen MR) is 104 cm³/mol. The average molecular weight is 400 g/mol. The quantitative estimate of drug-likeness (QED) is 0.618. The Bertz CT molecular complexity index is 1120. The second-order valence-corrected chi connectivity index (χ2v) is 6.82. The van der Waals surface area contributed by atoms with Crippen molar-refractivity contribution >= 4 is 5.82 Å². The average Bonchev–Trinajstić information content (AvgIpc) is 3.12. The summed E-state index contributed by atoms with van der Waals surface area (Å²) in [6.45, 7) is 3.49. The van der Waals surface area contributed by atoms with E-state index in [1.54, 1.807) is 6.07 Å². The molecule has 1 aliphatic rings. The Hall–Kier alpha value is -3.36. The van der Waals surface area contributed by atoms with Crippen LogP contribution in [0, 0.1) is 12.3 Å². The number of anilines is 1. The van der Waals surface area contributed by atoms with Gasteiger partial charge in [-0.25, -0.2) is 14.6 Å². The van der Waals surface area contributed by atoms with Crippen molar-refractivity contribution in [3.8, 4) is 22.4 Å². The van der Waals surface area contributed by atoms with E-state index < -0.39 is 11.9 Å². The van der Waals surface area contributed by atoms with Crippen LogP contribution in [-0.4, -0.2) is 20.8 Å². The van der Waals surface area contributed by atoms with E-state index in [9.17, 15) is 13.2 Å². The molecule has 9 heteroatoms. The Morgan fingerprint density at radius 1 is 1.10 bits per heavy atom. The summed E-state index contributed by atoms with van der Waals surface area (Å²) in [5.41, 5.74) is 4.35. The molecule has 150 valence electrons. The highest BCUT2D eigenvalue weighted by Crippen LogP contribution is 2.39. The summed E-state index contributed by atoms with van der Waals surface area (Å²) in [5.74, 6) is 0.509. The van der Waals surface area contributed by atoms with Crippen LogP contribution in [-0.2, 0) is 6.18 Å². The zero-order valence-electron chi connectivity index (χ0n) is 15.8. The molecular weight excluding hydrogens is 381 g/mol. The van der Waals surface area contributed by atoms with Crippen LogP contribution in [0.5, 0.6) is 0 Å². The fourth-order valence-electron chi connectivity index (χ4n) is 3.39. The highest BCUT2D eigenvalue weighted by molar-refractivity contribution is 5.89. The van der Waals surface area contributed by atoms with Gasteiger partial charge in [0.1, 0.15) is 17.7 Å². The first-order valence-electron chi connectivity index (χ1n) is 9.14. The SMILES string of the molecule is CCC1Nc2c(-c3cc(C)nc(C(F)(F)F)c3)c(-c3ccccc3)nc(=N)n2N1. The van der Waals surface area contributed by atoms with E-state index in [1.165, 1.54) is 11.6 Å². The molecule has 2 aromatic heterocycles. The molecule has 3 N–H and O–H groups in total. The molecule has 3 aromatic rings. The van der Waals surface area contributed by atoms with E-state index >= 15 is 0 Å². The van der Waals surface area contributed by atoms with Crippen molar-refractivity contribution in [1.82, 2.24) is 14.6 Å². The van der Waals surface area contributed by atoms with E-state index in [-0.39, 0.29) is 17.5 Å². The van der Waals surface area contributed by atoms with Gasteiger partial charge < -0.3 is 5.32 Å². The molecule has 3 heterocycles. The number of nitrogens with one attached hydrogen (secondary N) is 3. The first-order chi connectivity index (χ1) is 13.8. The van der Waals surface area contributed by atoms with E-state index in [1.807, 2.05) is 37.3 Å². The zero-order valence-corrected chi connectivity index (χ0v) is 15.8. The number of benzene rings is 1. The molecule has 29 heavy (non-hydrogen) atoms. The molecule has 0 radical (unpaired) electrons. The van der Waals surface area contributed by atoms with Gasteiger partial charge in [-0.15, -0.1) is 0 Å². The number of hydrogen-bond donors (Lipinski definition) is 3. The van der Waals surface area contributed by atoms with Crippen molar-refractivity contribution in [2.45, 2.75) is 32.6 Å². The van der Waals surface area contributed by atoms with Gasteiger partial charge in [0.15, 0.2) is 0 Å². The Kier molecular flexibility index (Phi) is 4.52. The lowest BCUT2D eigenvalue weighted by Crippen LogP contribution is -2.31. The fraction of sp³-hybridized carbons (Fsp3) is 0.250. The number of aryl methyl sites for hydroxylation is 1. The van der Waals surface area contributed by atoms with Crippen molar-refractivity contribution in [2.75, 3.05) is 10.7 Å². The number of aromatic nitrogens is 3. The molecule has 1 aromatic carbocycles. The lowest BCUT2D eigenvalue weighted by Gasteiger charge is -2.16. The Balaban J connectivity index is 2.04. The molecule has 0 bridgehead atoms. The number of hydrogen-bond acceptors (Lipinski definition) is 5. The molecule has 1 unspecified atom stereocenters. The number of nitrogens with zero attached hydrogens (tertiary/aromatic N) is 3. The van der Waals surface area contributed by atoms with E-state index in [4.69, 9.17) is 5.41 Å². The van der Waals surface area contributed by atoms with Gasteiger partial charge in [0, 0.05) is 11.3 Å². The number of fused-ring (bicyclic) bond motifs is 1. The van der Waals surface area contributed by atoms with E-state index in [2.05, 4.69) is 20.7 Å². The first kappa shape index (κ1) is 19.0. The van der Waals surface area contributed by atoms with Crippen LogP contribution in [0.2, 0.25) is 0 Å². The van der Waals surface area contributed by atoms with Crippen LogP contribution in [0.15, 0.2) is 42.5 Å². The highest BCUT2D eigenvalue weighted by Gasteiger charge is 2.34. The van der Waals surface area contributed by atoms with Gasteiger partial charge in [-0.1, -0.05) is 37.3 Å². The third kappa shape index (κ3) is 3.43. The van der Waals surface area contributed by atoms with Crippen molar-refractivity contribution in [3.05, 3.63) is 59.5 Å². The molecule has 0 spiro atoms. The van der Waals surface area contributed by atoms with Gasteiger partial charge in [0.2, 0.25) is 5.62 Å². The van der Waals surface area contributed by atoms with E-state index in [0.29, 0.717) is 34.6 Å². The molecule has 0 saturated heterocycles. The lowest BCUT2D eigenvalue weighted by molar-refractivity contribution is -0.141. The predicted octanol–water partition coefficient (Wildman–Crippen LogP) is 4.12. The van der Waals surface area contributed by atoms with E-state index in [0.717, 1.165) is 6.07 Å². The van der Waals surface area contributed by atoms with Gasteiger partial charge in [-0.3, -0.25) is 10.8 Å². The number of pyridine rings is 1. The summed E-state index contributed by atoms with van der Waals surface area (Å²) in [4.78, 5) is 8.06. The second-order valence-electron chi connectivity index (χ2n) is 6.82. The van der Waals surface area contributed by atoms with Crippen LogP contribution in [0.4, 0.5) is 19.0 Å². The second kappa shape index (κ2) is 6.91. The van der Waals surface area contributed by atoms with Gasteiger partial charge in [0.05, 0.1) is 11.3 Å². The minimum atomic E-state index is -4.57. The maximum atomic E-state index is 13.4. The molecule has 0 aliphatic carbocycles. The standard InChI is InChI=1S/C20H19F3N6/c1-3-15-26-18-16(13-9-11(2)25-14(10-13)20(21,22)23)17(12-7-5-4-6-8-12)27-19(24)29(18)28-15/h4-10,15,24,26,28H,3H2,1-2H3. The minimum Gasteiger partial charge on any atom is -0.348 e. The largest absolute Gasteiger partial charge is 0.433 e. The zero-order chi connectivity index (χ0) is 20.8.